The number of para-hydroxylation sites is 1. The van der Waals surface area contributed by atoms with Crippen molar-refractivity contribution in [2.24, 2.45) is 0 Å². The summed E-state index contributed by atoms with van der Waals surface area (Å²) in [5.74, 6) is 2.26. The molecule has 1 aliphatic heterocycles. The summed E-state index contributed by atoms with van der Waals surface area (Å²) in [6.07, 6.45) is 6.34. The SMILES string of the molecule is CCOC(=O)N1CCN(Cn2nc(COc3ccc(C4CCCCC4)cc3)n(-c3ccccc3)c2=S)CC1. The number of aromatic nitrogens is 3. The monoisotopic (exact) mass is 535 g/mol. The Hall–Kier alpha value is -3.17. The Kier molecular flexibility index (Phi) is 8.75. The number of nitrogens with zero attached hydrogens (tertiary/aromatic N) is 5. The van der Waals surface area contributed by atoms with E-state index in [2.05, 4.69) is 29.2 Å². The molecule has 1 aliphatic carbocycles. The molecular weight excluding hydrogens is 498 g/mol. The van der Waals surface area contributed by atoms with E-state index in [0.29, 0.717) is 43.7 Å². The highest BCUT2D eigenvalue weighted by atomic mass is 32.1. The third kappa shape index (κ3) is 6.27. The van der Waals surface area contributed by atoms with E-state index in [9.17, 15) is 4.79 Å². The number of rotatable bonds is 8. The molecule has 1 saturated heterocycles. The molecule has 2 heterocycles. The molecule has 5 rings (SSSR count). The second-order valence-electron chi connectivity index (χ2n) is 10.0. The van der Waals surface area contributed by atoms with Crippen LogP contribution in [0, 0.1) is 4.77 Å². The summed E-state index contributed by atoms with van der Waals surface area (Å²) in [4.78, 5) is 16.0. The van der Waals surface area contributed by atoms with Gasteiger partial charge in [0.25, 0.3) is 0 Å². The molecule has 2 fully saturated rings. The minimum absolute atomic E-state index is 0.247. The maximum Gasteiger partial charge on any atom is 0.409 e. The van der Waals surface area contributed by atoms with Gasteiger partial charge in [-0.1, -0.05) is 49.6 Å². The molecule has 8 nitrogen and oxygen atoms in total. The van der Waals surface area contributed by atoms with E-state index in [-0.39, 0.29) is 6.09 Å². The summed E-state index contributed by atoms with van der Waals surface area (Å²) in [5.41, 5.74) is 2.37. The van der Waals surface area contributed by atoms with Gasteiger partial charge in [0, 0.05) is 31.9 Å². The largest absolute Gasteiger partial charge is 0.486 e. The molecule has 202 valence electrons. The number of ether oxygens (including phenoxy) is 2. The minimum atomic E-state index is -0.247. The number of benzene rings is 2. The molecule has 2 aromatic carbocycles. The normalized spacial score (nSPS) is 16.9. The minimum Gasteiger partial charge on any atom is -0.486 e. The Balaban J connectivity index is 1.28. The fraction of sp³-hybridized carbons (Fsp3) is 0.483. The van der Waals surface area contributed by atoms with E-state index < -0.39 is 0 Å². The van der Waals surface area contributed by atoms with E-state index in [1.807, 2.05) is 46.5 Å². The summed E-state index contributed by atoms with van der Waals surface area (Å²) < 4.78 is 15.8. The highest BCUT2D eigenvalue weighted by Crippen LogP contribution is 2.33. The third-order valence-electron chi connectivity index (χ3n) is 7.48. The highest BCUT2D eigenvalue weighted by molar-refractivity contribution is 7.71. The van der Waals surface area contributed by atoms with Crippen molar-refractivity contribution in [1.29, 1.82) is 0 Å². The van der Waals surface area contributed by atoms with Crippen molar-refractivity contribution in [3.63, 3.8) is 0 Å². The first-order valence-corrected chi connectivity index (χ1v) is 14.1. The van der Waals surface area contributed by atoms with E-state index in [1.54, 1.807) is 4.90 Å². The van der Waals surface area contributed by atoms with Crippen LogP contribution in [0.1, 0.15) is 56.3 Å². The summed E-state index contributed by atoms with van der Waals surface area (Å²) in [5, 5.41) is 4.87. The van der Waals surface area contributed by atoms with Crippen LogP contribution in [0.25, 0.3) is 5.69 Å². The van der Waals surface area contributed by atoms with E-state index in [4.69, 9.17) is 26.8 Å². The molecule has 1 amide bonds. The molecule has 9 heteroatoms. The van der Waals surface area contributed by atoms with Crippen LogP contribution in [0.5, 0.6) is 5.75 Å². The van der Waals surface area contributed by atoms with Crippen molar-refractivity contribution in [2.45, 2.75) is 58.2 Å². The summed E-state index contributed by atoms with van der Waals surface area (Å²) in [6.45, 7) is 5.80. The van der Waals surface area contributed by atoms with Gasteiger partial charge in [0.05, 0.1) is 13.3 Å². The van der Waals surface area contributed by atoms with Gasteiger partial charge in [0.15, 0.2) is 5.82 Å². The number of amides is 1. The van der Waals surface area contributed by atoms with Crippen molar-refractivity contribution in [3.8, 4) is 11.4 Å². The van der Waals surface area contributed by atoms with Gasteiger partial charge in [-0.2, -0.15) is 5.10 Å². The molecule has 0 N–H and O–H groups in total. The quantitative estimate of drug-likeness (QED) is 0.342. The van der Waals surface area contributed by atoms with Crippen LogP contribution in [0.15, 0.2) is 54.6 Å². The lowest BCUT2D eigenvalue weighted by molar-refractivity contribution is 0.0690. The van der Waals surface area contributed by atoms with Gasteiger partial charge in [0.2, 0.25) is 4.77 Å². The summed E-state index contributed by atoms with van der Waals surface area (Å²) >= 11 is 5.88. The highest BCUT2D eigenvalue weighted by Gasteiger charge is 2.23. The van der Waals surface area contributed by atoms with E-state index in [0.717, 1.165) is 30.4 Å². The predicted octanol–water partition coefficient (Wildman–Crippen LogP) is 5.76. The maximum absolute atomic E-state index is 12.0. The summed E-state index contributed by atoms with van der Waals surface area (Å²) in [7, 11) is 0. The van der Waals surface area contributed by atoms with Gasteiger partial charge >= 0.3 is 6.09 Å². The molecule has 0 spiro atoms. The van der Waals surface area contributed by atoms with Crippen molar-refractivity contribution in [1.82, 2.24) is 24.1 Å². The van der Waals surface area contributed by atoms with Crippen LogP contribution in [-0.4, -0.2) is 63.0 Å². The molecule has 0 bridgehead atoms. The second-order valence-corrected chi connectivity index (χ2v) is 10.4. The lowest BCUT2D eigenvalue weighted by Gasteiger charge is -2.33. The molecular formula is C29H37N5O3S. The van der Waals surface area contributed by atoms with Gasteiger partial charge in [0.1, 0.15) is 12.4 Å². The smallest absolute Gasteiger partial charge is 0.409 e. The van der Waals surface area contributed by atoms with Crippen LogP contribution < -0.4 is 4.74 Å². The van der Waals surface area contributed by atoms with Crippen LogP contribution in [0.2, 0.25) is 0 Å². The zero-order chi connectivity index (χ0) is 26.3. The van der Waals surface area contributed by atoms with Gasteiger partial charge in [-0.05, 0) is 67.7 Å². The third-order valence-corrected chi connectivity index (χ3v) is 7.87. The lowest BCUT2D eigenvalue weighted by Crippen LogP contribution is -2.49. The standard InChI is InChI=1S/C29H37N5O3S/c1-2-36-29(35)32-19-17-31(18-20-32)22-33-28(38)34(25-11-7-4-8-12-25)27(30-33)21-37-26-15-13-24(14-16-26)23-9-5-3-6-10-23/h4,7-8,11-16,23H,2-3,5-6,9-10,17-22H2,1H3. The van der Waals surface area contributed by atoms with Crippen molar-refractivity contribution in [3.05, 3.63) is 70.8 Å². The fourth-order valence-electron chi connectivity index (χ4n) is 5.37. The van der Waals surface area contributed by atoms with E-state index in [1.165, 1.54) is 37.7 Å². The Morgan fingerprint density at radius 1 is 0.974 bits per heavy atom. The number of carbonyl (C=O) groups is 1. The molecule has 2 aliphatic rings. The van der Waals surface area contributed by atoms with Crippen LogP contribution >= 0.6 is 12.2 Å². The van der Waals surface area contributed by atoms with Crippen LogP contribution in [0.3, 0.4) is 0 Å². The van der Waals surface area contributed by atoms with Crippen molar-refractivity contribution >= 4 is 18.3 Å². The van der Waals surface area contributed by atoms with Gasteiger partial charge in [-0.15, -0.1) is 0 Å². The summed E-state index contributed by atoms with van der Waals surface area (Å²) in [6, 6.07) is 18.6. The second kappa shape index (κ2) is 12.6. The molecule has 38 heavy (non-hydrogen) atoms. The number of carbonyl (C=O) groups excluding carboxylic acids is 1. The van der Waals surface area contributed by atoms with Gasteiger partial charge < -0.3 is 14.4 Å². The number of hydrogen-bond acceptors (Lipinski definition) is 6. The van der Waals surface area contributed by atoms with Gasteiger partial charge in [-0.25, -0.2) is 9.48 Å². The maximum atomic E-state index is 12.0. The Bertz CT molecular complexity index is 1240. The van der Waals surface area contributed by atoms with Crippen molar-refractivity contribution in [2.75, 3.05) is 32.8 Å². The lowest BCUT2D eigenvalue weighted by atomic mass is 9.84. The van der Waals surface area contributed by atoms with Gasteiger partial charge in [-0.3, -0.25) is 9.47 Å². The Labute approximate surface area is 229 Å². The predicted molar refractivity (Wildman–Crippen MR) is 149 cm³/mol. The number of piperazine rings is 1. The first-order valence-electron chi connectivity index (χ1n) is 13.7. The molecule has 1 aromatic heterocycles. The average molecular weight is 536 g/mol. The molecule has 1 saturated carbocycles. The topological polar surface area (TPSA) is 64.8 Å². The molecule has 3 aromatic rings. The average Bonchev–Trinajstić information content (AvgIpc) is 3.28. The van der Waals surface area contributed by atoms with Crippen LogP contribution in [0.4, 0.5) is 4.79 Å². The molecule has 0 unspecified atom stereocenters. The zero-order valence-corrected chi connectivity index (χ0v) is 22.9. The first-order chi connectivity index (χ1) is 18.6. The van der Waals surface area contributed by atoms with E-state index >= 15 is 0 Å². The fourth-order valence-corrected chi connectivity index (χ4v) is 5.68. The zero-order valence-electron chi connectivity index (χ0n) is 22.1. The molecule has 0 radical (unpaired) electrons. The first kappa shape index (κ1) is 26.4. The van der Waals surface area contributed by atoms with Crippen molar-refractivity contribution < 1.29 is 14.3 Å². The van der Waals surface area contributed by atoms with Crippen LogP contribution in [-0.2, 0) is 18.0 Å². The molecule has 0 atom stereocenters. The number of hydrogen-bond donors (Lipinski definition) is 0. The Morgan fingerprint density at radius 3 is 2.37 bits per heavy atom. The Morgan fingerprint density at radius 2 is 1.68 bits per heavy atom.